The molecule has 0 saturated heterocycles. The van der Waals surface area contributed by atoms with Gasteiger partial charge in [-0.3, -0.25) is 0 Å². The van der Waals surface area contributed by atoms with Crippen LogP contribution < -0.4 is 0 Å². The summed E-state index contributed by atoms with van der Waals surface area (Å²) in [5, 5.41) is 17.3. The molecule has 0 atom stereocenters. The number of aromatic nitrogens is 3. The molecule has 0 fully saturated rings. The van der Waals surface area contributed by atoms with Crippen molar-refractivity contribution in [3.8, 4) is 107 Å². The molecule has 1 aliphatic rings. The first-order valence-corrected chi connectivity index (χ1v) is 22.9. The zero-order valence-corrected chi connectivity index (χ0v) is 36.7. The Morgan fingerprint density at radius 3 is 1.53 bits per heavy atom. The van der Waals surface area contributed by atoms with Gasteiger partial charge in [0.25, 0.3) is 0 Å². The van der Waals surface area contributed by atoms with Crippen molar-refractivity contribution >= 4 is 32.3 Å². The lowest BCUT2D eigenvalue weighted by Gasteiger charge is -2.14. The molecule has 0 aliphatic heterocycles. The lowest BCUT2D eigenvalue weighted by Crippen LogP contribution is -2.00. The minimum absolute atomic E-state index is 0.616. The molecular weight excluding hydrogens is 825 g/mol. The summed E-state index contributed by atoms with van der Waals surface area (Å²) in [6.45, 7) is 0. The summed E-state index contributed by atoms with van der Waals surface area (Å²) in [7, 11) is 0. The zero-order chi connectivity index (χ0) is 45.1. The van der Waals surface area contributed by atoms with E-state index in [-0.39, 0.29) is 0 Å². The Hall–Kier alpha value is -9.30. The largest absolute Gasteiger partial charge is 0.208 e. The molecule has 1 aliphatic carbocycles. The van der Waals surface area contributed by atoms with Gasteiger partial charge in [-0.25, -0.2) is 15.0 Å². The average Bonchev–Trinajstić information content (AvgIpc) is 3.75. The Bertz CT molecular complexity index is 3990. The van der Waals surface area contributed by atoms with Crippen LogP contribution in [0.2, 0.25) is 0 Å². The molecule has 11 aromatic carbocycles. The van der Waals surface area contributed by atoms with Crippen LogP contribution >= 0.6 is 0 Å². The van der Waals surface area contributed by atoms with Crippen molar-refractivity contribution in [3.63, 3.8) is 0 Å². The smallest absolute Gasteiger partial charge is 0.164 e. The molecule has 0 radical (unpaired) electrons. The Kier molecular flexibility index (Phi) is 9.20. The Labute approximate surface area is 393 Å². The van der Waals surface area contributed by atoms with Gasteiger partial charge in [-0.15, -0.1) is 0 Å². The lowest BCUT2D eigenvalue weighted by molar-refractivity contribution is 1.08. The van der Waals surface area contributed by atoms with Crippen molar-refractivity contribution in [1.82, 2.24) is 15.0 Å². The number of hydrogen-bond acceptors (Lipinski definition) is 4. The number of nitrogens with zero attached hydrogens (tertiary/aromatic N) is 4. The number of benzene rings is 11. The minimum Gasteiger partial charge on any atom is -0.208 e. The van der Waals surface area contributed by atoms with Crippen LogP contribution in [-0.2, 0) is 0 Å². The molecule has 12 aromatic rings. The van der Waals surface area contributed by atoms with Gasteiger partial charge in [-0.05, 0) is 123 Å². The van der Waals surface area contributed by atoms with E-state index in [2.05, 4.69) is 194 Å². The van der Waals surface area contributed by atoms with Gasteiger partial charge in [0.1, 0.15) is 0 Å². The van der Waals surface area contributed by atoms with E-state index in [1.54, 1.807) is 0 Å². The highest BCUT2D eigenvalue weighted by Gasteiger charge is 2.24. The maximum Gasteiger partial charge on any atom is 0.164 e. The lowest BCUT2D eigenvalue weighted by atomic mass is 9.89. The summed E-state index contributed by atoms with van der Waals surface area (Å²) in [6.07, 6.45) is 0. The molecule has 1 heterocycles. The molecule has 0 unspecified atom stereocenters. The maximum absolute atomic E-state index is 10.0. The third-order valence-electron chi connectivity index (χ3n) is 13.5. The van der Waals surface area contributed by atoms with E-state index in [0.717, 1.165) is 61.0 Å². The van der Waals surface area contributed by atoms with Crippen molar-refractivity contribution in [1.29, 1.82) is 5.26 Å². The van der Waals surface area contributed by atoms with Crippen LogP contribution in [0.1, 0.15) is 5.56 Å². The van der Waals surface area contributed by atoms with Gasteiger partial charge in [0.05, 0.1) is 11.6 Å². The van der Waals surface area contributed by atoms with E-state index < -0.39 is 0 Å². The fourth-order valence-corrected chi connectivity index (χ4v) is 10.2. The second-order valence-corrected chi connectivity index (χ2v) is 17.4. The standard InChI is InChI=1S/C64H38N4/c65-39-40-23-33-51(48-15-8-14-47(38-48)50-19-9-20-52-49-16-5-4-11-43(49)32-34-55(50)52)60(37-40)44-28-24-41(25-29-44)42-26-30-46(31-27-42)63-66-62(45-12-2-1-3-13-45)67-64(68-63)59-36-35-58-54-18-7-6-17-53(54)56-21-10-22-57(59)61(56)58/h1-38H. The average molecular weight is 863 g/mol. The second kappa shape index (κ2) is 16.0. The zero-order valence-electron chi connectivity index (χ0n) is 36.7. The first-order chi connectivity index (χ1) is 33.6. The summed E-state index contributed by atoms with van der Waals surface area (Å²) in [6, 6.07) is 83.5. The number of rotatable bonds is 7. The van der Waals surface area contributed by atoms with E-state index in [9.17, 15) is 5.26 Å². The van der Waals surface area contributed by atoms with Crippen LogP contribution in [0.3, 0.4) is 0 Å². The summed E-state index contributed by atoms with van der Waals surface area (Å²) in [5.41, 5.74) is 17.1. The van der Waals surface area contributed by atoms with Gasteiger partial charge in [-0.2, -0.15) is 5.26 Å². The van der Waals surface area contributed by atoms with Crippen molar-refractivity contribution in [3.05, 3.63) is 236 Å². The maximum atomic E-state index is 10.0. The predicted octanol–water partition coefficient (Wildman–Crippen LogP) is 16.5. The summed E-state index contributed by atoms with van der Waals surface area (Å²) in [4.78, 5) is 15.3. The normalized spacial score (nSPS) is 11.5. The van der Waals surface area contributed by atoms with Crippen LogP contribution in [0.4, 0.5) is 0 Å². The molecule has 0 amide bonds. The molecule has 0 N–H and O–H groups in total. The molecule has 314 valence electrons. The molecule has 0 spiro atoms. The van der Waals surface area contributed by atoms with Crippen LogP contribution in [-0.4, -0.2) is 15.0 Å². The quantitative estimate of drug-likeness (QED) is 0.150. The van der Waals surface area contributed by atoms with Crippen LogP contribution in [0.25, 0.3) is 133 Å². The van der Waals surface area contributed by atoms with E-state index in [4.69, 9.17) is 15.0 Å². The summed E-state index contributed by atoms with van der Waals surface area (Å²) in [5.74, 6) is 1.89. The van der Waals surface area contributed by atoms with Crippen molar-refractivity contribution < 1.29 is 0 Å². The summed E-state index contributed by atoms with van der Waals surface area (Å²) >= 11 is 0. The third kappa shape index (κ3) is 6.56. The fraction of sp³-hybridized carbons (Fsp3) is 0. The highest BCUT2D eigenvalue weighted by atomic mass is 15.0. The van der Waals surface area contributed by atoms with Crippen molar-refractivity contribution in [2.24, 2.45) is 0 Å². The highest BCUT2D eigenvalue weighted by Crippen LogP contribution is 2.49. The van der Waals surface area contributed by atoms with Crippen LogP contribution in [0.15, 0.2) is 231 Å². The highest BCUT2D eigenvalue weighted by molar-refractivity contribution is 6.18. The molecular formula is C64H38N4. The van der Waals surface area contributed by atoms with Crippen molar-refractivity contribution in [2.45, 2.75) is 0 Å². The molecule has 13 rings (SSSR count). The first-order valence-electron chi connectivity index (χ1n) is 22.9. The van der Waals surface area contributed by atoms with Gasteiger partial charge in [-0.1, -0.05) is 206 Å². The van der Waals surface area contributed by atoms with Gasteiger partial charge in [0, 0.05) is 16.7 Å². The topological polar surface area (TPSA) is 62.5 Å². The van der Waals surface area contributed by atoms with Gasteiger partial charge in [0.15, 0.2) is 17.5 Å². The van der Waals surface area contributed by atoms with E-state index in [1.165, 1.54) is 54.7 Å². The molecule has 68 heavy (non-hydrogen) atoms. The molecule has 1 aromatic heterocycles. The number of fused-ring (bicyclic) bond motifs is 6. The Balaban J connectivity index is 0.837. The van der Waals surface area contributed by atoms with Crippen LogP contribution in [0, 0.1) is 11.3 Å². The second-order valence-electron chi connectivity index (χ2n) is 17.4. The first kappa shape index (κ1) is 39.1. The van der Waals surface area contributed by atoms with E-state index >= 15 is 0 Å². The SMILES string of the molecule is N#Cc1ccc(-c2cccc(-c3cccc4c3ccc3ccccc34)c2)c(-c2ccc(-c3ccc(-c4nc(-c5ccccc5)nc(-c5ccc6c7c(cccc57)-c5ccccc5-6)n4)cc3)cc2)c1. The molecule has 4 nitrogen and oxygen atoms in total. The molecule has 4 heteroatoms. The molecule has 0 saturated carbocycles. The summed E-state index contributed by atoms with van der Waals surface area (Å²) < 4.78 is 0. The fourth-order valence-electron chi connectivity index (χ4n) is 10.2. The van der Waals surface area contributed by atoms with Gasteiger partial charge in [0.2, 0.25) is 0 Å². The predicted molar refractivity (Wildman–Crippen MR) is 280 cm³/mol. The van der Waals surface area contributed by atoms with E-state index in [0.29, 0.717) is 23.0 Å². The van der Waals surface area contributed by atoms with Crippen molar-refractivity contribution in [2.75, 3.05) is 0 Å². The molecule has 0 bridgehead atoms. The van der Waals surface area contributed by atoms with Crippen LogP contribution in [0.5, 0.6) is 0 Å². The number of nitriles is 1. The Morgan fingerprint density at radius 1 is 0.265 bits per heavy atom. The number of hydrogen-bond donors (Lipinski definition) is 0. The monoisotopic (exact) mass is 862 g/mol. The minimum atomic E-state index is 0.616. The third-order valence-corrected chi connectivity index (χ3v) is 13.5. The van der Waals surface area contributed by atoms with Gasteiger partial charge >= 0.3 is 0 Å². The van der Waals surface area contributed by atoms with E-state index in [1.807, 2.05) is 42.5 Å². The van der Waals surface area contributed by atoms with Gasteiger partial charge < -0.3 is 0 Å². The Morgan fingerprint density at radius 2 is 0.779 bits per heavy atom.